The molecule has 0 radical (unpaired) electrons. The van der Waals surface area contributed by atoms with E-state index in [0.29, 0.717) is 17.3 Å². The largest absolute Gasteiger partial charge is 0.448 e. The van der Waals surface area contributed by atoms with Crippen LogP contribution in [0.15, 0.2) is 59.4 Å². The standard InChI is InChI=1S/C22H23N3O4/c1-3-15(16-9-5-4-6-10-16)13-23-20(26)14(2)29-22(28)19-17-11-7-8-12-18(17)21(27)25-24-19/h4-12,14-15H,3,13H2,1-2H3,(H,23,26)(H,25,27)/t14-,15-/m1/s1. The fourth-order valence-electron chi connectivity index (χ4n) is 3.13. The lowest BCUT2D eigenvalue weighted by molar-refractivity contribution is -0.129. The molecule has 7 nitrogen and oxygen atoms in total. The first-order chi connectivity index (χ1) is 14.0. The molecular weight excluding hydrogens is 370 g/mol. The summed E-state index contributed by atoms with van der Waals surface area (Å²) in [6, 6.07) is 16.5. The predicted molar refractivity (Wildman–Crippen MR) is 110 cm³/mol. The number of benzene rings is 2. The number of carbonyl (C=O) groups is 2. The van der Waals surface area contributed by atoms with Crippen LogP contribution >= 0.6 is 0 Å². The first-order valence-electron chi connectivity index (χ1n) is 9.52. The van der Waals surface area contributed by atoms with Crippen LogP contribution in [0.5, 0.6) is 0 Å². The summed E-state index contributed by atoms with van der Waals surface area (Å²) in [4.78, 5) is 36.8. The summed E-state index contributed by atoms with van der Waals surface area (Å²) < 4.78 is 5.28. The minimum atomic E-state index is -0.997. The average molecular weight is 393 g/mol. The summed E-state index contributed by atoms with van der Waals surface area (Å²) in [7, 11) is 0. The van der Waals surface area contributed by atoms with E-state index in [0.717, 1.165) is 12.0 Å². The highest BCUT2D eigenvalue weighted by atomic mass is 16.5. The zero-order valence-corrected chi connectivity index (χ0v) is 16.3. The van der Waals surface area contributed by atoms with E-state index < -0.39 is 17.6 Å². The number of amides is 1. The minimum Gasteiger partial charge on any atom is -0.448 e. The normalized spacial score (nSPS) is 12.9. The van der Waals surface area contributed by atoms with Crippen LogP contribution in [0.3, 0.4) is 0 Å². The van der Waals surface area contributed by atoms with E-state index in [1.807, 2.05) is 30.3 Å². The molecule has 7 heteroatoms. The fraction of sp³-hybridized carbons (Fsp3) is 0.273. The van der Waals surface area contributed by atoms with Gasteiger partial charge in [-0.25, -0.2) is 9.89 Å². The Hall–Kier alpha value is -3.48. The maximum absolute atomic E-state index is 12.5. The molecule has 0 bridgehead atoms. The summed E-state index contributed by atoms with van der Waals surface area (Å²) >= 11 is 0. The molecule has 1 amide bonds. The third-order valence-electron chi connectivity index (χ3n) is 4.83. The Labute approximate surface area is 168 Å². The highest BCUT2D eigenvalue weighted by Crippen LogP contribution is 2.18. The molecule has 2 atom stereocenters. The maximum atomic E-state index is 12.5. The highest BCUT2D eigenvalue weighted by molar-refractivity contribution is 6.02. The van der Waals surface area contributed by atoms with Gasteiger partial charge in [0.05, 0.1) is 5.39 Å². The molecule has 0 spiro atoms. The van der Waals surface area contributed by atoms with E-state index in [4.69, 9.17) is 4.74 Å². The van der Waals surface area contributed by atoms with Gasteiger partial charge in [-0.2, -0.15) is 5.10 Å². The van der Waals surface area contributed by atoms with Crippen molar-refractivity contribution in [3.05, 3.63) is 76.2 Å². The van der Waals surface area contributed by atoms with E-state index >= 15 is 0 Å². The second-order valence-electron chi connectivity index (χ2n) is 6.76. The molecule has 0 aliphatic rings. The number of nitrogens with one attached hydrogen (secondary N) is 2. The number of fused-ring (bicyclic) bond motifs is 1. The van der Waals surface area contributed by atoms with Crippen LogP contribution in [0.4, 0.5) is 0 Å². The van der Waals surface area contributed by atoms with Gasteiger partial charge in [0.1, 0.15) is 0 Å². The Morgan fingerprint density at radius 2 is 1.72 bits per heavy atom. The van der Waals surface area contributed by atoms with E-state index in [9.17, 15) is 14.4 Å². The van der Waals surface area contributed by atoms with Crippen LogP contribution in [0, 0.1) is 0 Å². The number of esters is 1. The van der Waals surface area contributed by atoms with Crippen molar-refractivity contribution in [2.75, 3.05) is 6.54 Å². The number of hydrogen-bond donors (Lipinski definition) is 2. The highest BCUT2D eigenvalue weighted by Gasteiger charge is 2.22. The van der Waals surface area contributed by atoms with Crippen LogP contribution in [0.1, 0.15) is 42.2 Å². The summed E-state index contributed by atoms with van der Waals surface area (Å²) in [5, 5.41) is 9.64. The molecule has 0 fully saturated rings. The third-order valence-corrected chi connectivity index (χ3v) is 4.83. The third kappa shape index (κ3) is 4.68. The smallest absolute Gasteiger partial charge is 0.360 e. The van der Waals surface area contributed by atoms with E-state index in [1.54, 1.807) is 24.3 Å². The van der Waals surface area contributed by atoms with Crippen molar-refractivity contribution in [1.82, 2.24) is 15.5 Å². The number of rotatable bonds is 7. The maximum Gasteiger partial charge on any atom is 0.360 e. The Morgan fingerprint density at radius 3 is 2.41 bits per heavy atom. The summed E-state index contributed by atoms with van der Waals surface area (Å²) in [6.45, 7) is 4.01. The molecule has 0 aliphatic carbocycles. The average Bonchev–Trinajstić information content (AvgIpc) is 2.75. The monoisotopic (exact) mass is 393 g/mol. The van der Waals surface area contributed by atoms with Gasteiger partial charge in [-0.1, -0.05) is 55.5 Å². The van der Waals surface area contributed by atoms with Crippen molar-refractivity contribution < 1.29 is 14.3 Å². The Balaban J connectivity index is 1.65. The summed E-state index contributed by atoms with van der Waals surface area (Å²) in [5.41, 5.74) is 0.717. The number of carbonyl (C=O) groups excluding carboxylic acids is 2. The Bertz CT molecular complexity index is 1060. The lowest BCUT2D eigenvalue weighted by Gasteiger charge is -2.18. The minimum absolute atomic E-state index is 0.0319. The van der Waals surface area contributed by atoms with Gasteiger partial charge in [0.2, 0.25) is 0 Å². The molecule has 150 valence electrons. The van der Waals surface area contributed by atoms with Crippen molar-refractivity contribution in [3.8, 4) is 0 Å². The van der Waals surface area contributed by atoms with Gasteiger partial charge in [0.25, 0.3) is 11.5 Å². The van der Waals surface area contributed by atoms with Gasteiger partial charge in [-0.3, -0.25) is 9.59 Å². The second kappa shape index (κ2) is 9.14. The van der Waals surface area contributed by atoms with E-state index in [2.05, 4.69) is 22.4 Å². The van der Waals surface area contributed by atoms with E-state index in [1.165, 1.54) is 6.92 Å². The number of ether oxygens (including phenoxy) is 1. The van der Waals surface area contributed by atoms with Gasteiger partial charge in [-0.15, -0.1) is 0 Å². The number of H-pyrrole nitrogens is 1. The molecular formula is C22H23N3O4. The quantitative estimate of drug-likeness (QED) is 0.601. The number of aromatic nitrogens is 2. The summed E-state index contributed by atoms with van der Waals surface area (Å²) in [6.07, 6.45) is -0.130. The fourth-order valence-corrected chi connectivity index (χ4v) is 3.13. The van der Waals surface area contributed by atoms with Crippen molar-refractivity contribution in [1.29, 1.82) is 0 Å². The number of hydrogen-bond acceptors (Lipinski definition) is 5. The van der Waals surface area contributed by atoms with Crippen LogP contribution in [0.25, 0.3) is 10.8 Å². The summed E-state index contributed by atoms with van der Waals surface area (Å²) in [5.74, 6) is -0.982. The van der Waals surface area contributed by atoms with Crippen LogP contribution in [0.2, 0.25) is 0 Å². The molecule has 0 unspecified atom stereocenters. The van der Waals surface area contributed by atoms with Gasteiger partial charge in [0, 0.05) is 17.8 Å². The molecule has 2 N–H and O–H groups in total. The van der Waals surface area contributed by atoms with Gasteiger partial charge >= 0.3 is 5.97 Å². The lowest BCUT2D eigenvalue weighted by Crippen LogP contribution is -2.38. The van der Waals surface area contributed by atoms with Gasteiger partial charge < -0.3 is 10.1 Å². The topological polar surface area (TPSA) is 101 Å². The Morgan fingerprint density at radius 1 is 1.07 bits per heavy atom. The Kier molecular flexibility index (Phi) is 6.39. The van der Waals surface area contributed by atoms with E-state index in [-0.39, 0.29) is 17.5 Å². The van der Waals surface area contributed by atoms with Crippen molar-refractivity contribution in [2.45, 2.75) is 32.3 Å². The molecule has 3 rings (SSSR count). The second-order valence-corrected chi connectivity index (χ2v) is 6.76. The zero-order chi connectivity index (χ0) is 20.8. The first-order valence-corrected chi connectivity index (χ1v) is 9.52. The van der Waals surface area contributed by atoms with Gasteiger partial charge in [0.15, 0.2) is 11.8 Å². The molecule has 2 aromatic carbocycles. The molecule has 0 aliphatic heterocycles. The molecule has 1 heterocycles. The number of nitrogens with zero attached hydrogens (tertiary/aromatic N) is 1. The van der Waals surface area contributed by atoms with Crippen LogP contribution < -0.4 is 10.9 Å². The molecule has 29 heavy (non-hydrogen) atoms. The zero-order valence-electron chi connectivity index (χ0n) is 16.3. The first kappa shape index (κ1) is 20.3. The van der Waals surface area contributed by atoms with Crippen LogP contribution in [-0.2, 0) is 9.53 Å². The molecule has 0 saturated heterocycles. The van der Waals surface area contributed by atoms with Crippen LogP contribution in [-0.4, -0.2) is 34.7 Å². The van der Waals surface area contributed by atoms with Crippen molar-refractivity contribution in [2.24, 2.45) is 0 Å². The predicted octanol–water partition coefficient (Wildman–Crippen LogP) is 2.78. The van der Waals surface area contributed by atoms with Gasteiger partial charge in [-0.05, 0) is 25.0 Å². The number of aromatic amines is 1. The lowest BCUT2D eigenvalue weighted by atomic mass is 9.96. The van der Waals surface area contributed by atoms with Crippen molar-refractivity contribution in [3.63, 3.8) is 0 Å². The molecule has 0 saturated carbocycles. The molecule has 1 aromatic heterocycles. The SMILES string of the molecule is CC[C@H](CNC(=O)[C@@H](C)OC(=O)c1n[nH]c(=O)c2ccccc12)c1ccccc1. The van der Waals surface area contributed by atoms with Crippen molar-refractivity contribution >= 4 is 22.6 Å². The molecule has 3 aromatic rings.